The number of aromatic amines is 2. The SMILES string of the molecule is C.CC(C)(C)c1cc(Br)c(NC(=O)c2c[nH]c3ccccc3c2=O)cc1O.CN=P.[C-]#[N+]c1cc(C(C)(C)C)c(O)cc1NC(=O)c1c[nH]c2ccccc2c1=O. The van der Waals surface area contributed by atoms with Crippen LogP contribution in [0.5, 0.6) is 11.5 Å². The molecule has 0 radical (unpaired) electrons. The van der Waals surface area contributed by atoms with Crippen molar-refractivity contribution in [3.63, 3.8) is 0 Å². The molecule has 12 nitrogen and oxygen atoms in total. The molecule has 2 amide bonds. The molecule has 6 aromatic rings. The van der Waals surface area contributed by atoms with Crippen LogP contribution in [0.2, 0.25) is 0 Å². The monoisotopic (exact) mass is 852 g/mol. The van der Waals surface area contributed by atoms with E-state index in [-0.39, 0.29) is 57.7 Å². The van der Waals surface area contributed by atoms with Crippen LogP contribution in [-0.4, -0.2) is 39.0 Å². The van der Waals surface area contributed by atoms with Crippen LogP contribution in [-0.2, 0) is 10.8 Å². The summed E-state index contributed by atoms with van der Waals surface area (Å²) in [5.41, 5.74) is 2.01. The molecule has 2 heterocycles. The van der Waals surface area contributed by atoms with Crippen molar-refractivity contribution in [1.82, 2.24) is 9.97 Å². The minimum atomic E-state index is -0.644. The highest BCUT2D eigenvalue weighted by Crippen LogP contribution is 2.39. The van der Waals surface area contributed by atoms with Crippen LogP contribution in [0.3, 0.4) is 0 Å². The third-order valence-corrected chi connectivity index (χ3v) is 9.15. The quantitative estimate of drug-likeness (QED) is 0.0758. The van der Waals surface area contributed by atoms with Gasteiger partial charge in [-0.25, -0.2) is 4.85 Å². The van der Waals surface area contributed by atoms with Crippen molar-refractivity contribution >= 4 is 75.6 Å². The van der Waals surface area contributed by atoms with Gasteiger partial charge < -0.3 is 30.8 Å². The number of fused-ring (bicyclic) bond motifs is 2. The Bertz CT molecular complexity index is 2630. The Hall–Kier alpha value is -6.09. The standard InChI is InChI=1S/C21H19N3O3.C20H19BrN2O3.CH4NP.CH4/c1-21(2,3)14-9-16(22-4)17(10-18(14)25)24-20(27)13-11-23-15-8-6-5-7-12(15)19(13)26;1-20(2,3)13-8-14(21)16(9-17(13)24)23-19(26)12-10-22-15-7-5-4-6-11(15)18(12)25;1-2-3;/h5-11,25H,1-3H3,(H,23,26)(H,24,27);4-10,24H,1-3H3,(H,22,25)(H,23,26);3H,1H3;1H4. The predicted molar refractivity (Wildman–Crippen MR) is 236 cm³/mol. The van der Waals surface area contributed by atoms with Gasteiger partial charge in [0.2, 0.25) is 16.5 Å². The van der Waals surface area contributed by atoms with Crippen molar-refractivity contribution in [3.8, 4) is 11.5 Å². The maximum Gasteiger partial charge on any atom is 0.261 e. The summed E-state index contributed by atoms with van der Waals surface area (Å²) in [5, 5.41) is 26.7. The zero-order valence-electron chi connectivity index (χ0n) is 31.9. The first-order valence-corrected chi connectivity index (χ1v) is 18.4. The van der Waals surface area contributed by atoms with Crippen molar-refractivity contribution in [2.75, 3.05) is 17.7 Å². The first kappa shape index (κ1) is 45.3. The number of benzene rings is 4. The van der Waals surface area contributed by atoms with E-state index in [1.54, 1.807) is 61.6 Å². The molecule has 0 aliphatic carbocycles. The lowest BCUT2D eigenvalue weighted by Crippen LogP contribution is -2.22. The summed E-state index contributed by atoms with van der Waals surface area (Å²) < 4.78 is 3.94. The number of phenols is 2. The van der Waals surface area contributed by atoms with Gasteiger partial charge in [-0.1, -0.05) is 73.2 Å². The molecule has 0 aliphatic heterocycles. The van der Waals surface area contributed by atoms with Crippen LogP contribution >= 0.6 is 25.0 Å². The van der Waals surface area contributed by atoms with E-state index in [0.29, 0.717) is 37.5 Å². The van der Waals surface area contributed by atoms with Crippen LogP contribution in [0.1, 0.15) is 80.8 Å². The first-order valence-electron chi connectivity index (χ1n) is 17.2. The van der Waals surface area contributed by atoms with E-state index in [2.05, 4.69) is 55.2 Å². The molecule has 0 aliphatic rings. The Balaban J connectivity index is 0.000000281. The Morgan fingerprint density at radius 2 is 1.12 bits per heavy atom. The number of hydrogen-bond donors (Lipinski definition) is 6. The number of anilines is 2. The summed E-state index contributed by atoms with van der Waals surface area (Å²) in [6, 6.07) is 20.1. The smallest absolute Gasteiger partial charge is 0.261 e. The fourth-order valence-electron chi connectivity index (χ4n) is 5.68. The fraction of sp³-hybridized carbons (Fsp3) is 0.233. The topological polar surface area (TPSA) is 181 Å². The molecule has 0 spiro atoms. The van der Waals surface area contributed by atoms with Gasteiger partial charge in [0.25, 0.3) is 11.8 Å². The maximum absolute atomic E-state index is 12.6. The number of carbonyl (C=O) groups is 2. The van der Waals surface area contributed by atoms with Gasteiger partial charge in [0.15, 0.2) is 0 Å². The molecular weight excluding hydrogens is 807 g/mol. The molecule has 57 heavy (non-hydrogen) atoms. The van der Waals surface area contributed by atoms with E-state index in [9.17, 15) is 29.4 Å². The molecule has 14 heteroatoms. The number of rotatable bonds is 4. The molecule has 296 valence electrons. The third kappa shape index (κ3) is 10.6. The van der Waals surface area contributed by atoms with Crippen LogP contribution in [0.15, 0.2) is 104 Å². The minimum Gasteiger partial charge on any atom is -0.508 e. The number of amides is 2. The number of carbonyl (C=O) groups excluding carboxylic acids is 2. The summed E-state index contributed by atoms with van der Waals surface area (Å²) >= 11 is 3.42. The van der Waals surface area contributed by atoms with Gasteiger partial charge in [0, 0.05) is 57.3 Å². The number of pyridine rings is 2. The lowest BCUT2D eigenvalue weighted by Gasteiger charge is -2.22. The highest BCUT2D eigenvalue weighted by molar-refractivity contribution is 9.10. The second-order valence-electron chi connectivity index (χ2n) is 14.6. The van der Waals surface area contributed by atoms with Gasteiger partial charge in [0.1, 0.15) is 22.6 Å². The number of nitrogens with zero attached hydrogens (tertiary/aromatic N) is 2. The van der Waals surface area contributed by atoms with Gasteiger partial charge in [0.05, 0.1) is 17.9 Å². The number of phenolic OH excluding ortho intramolecular Hbond substituents is 2. The lowest BCUT2D eigenvalue weighted by molar-refractivity contribution is 0.101. The van der Waals surface area contributed by atoms with Crippen LogP contribution < -0.4 is 21.5 Å². The molecular formula is C43H46BrN6O6P. The van der Waals surface area contributed by atoms with Crippen molar-refractivity contribution in [2.45, 2.75) is 59.8 Å². The Morgan fingerprint density at radius 1 is 0.737 bits per heavy atom. The summed E-state index contributed by atoms with van der Waals surface area (Å²) in [6.07, 6.45) is 2.75. The molecule has 0 saturated heterocycles. The van der Waals surface area contributed by atoms with Crippen LogP contribution in [0, 0.1) is 6.57 Å². The number of aromatic hydroxyl groups is 2. The minimum absolute atomic E-state index is 0. The molecule has 0 unspecified atom stereocenters. The summed E-state index contributed by atoms with van der Waals surface area (Å²) in [5.74, 6) is -1.11. The van der Waals surface area contributed by atoms with E-state index in [1.807, 2.05) is 47.6 Å². The number of para-hydroxylation sites is 2. The van der Waals surface area contributed by atoms with Crippen LogP contribution in [0.25, 0.3) is 26.7 Å². The summed E-state index contributed by atoms with van der Waals surface area (Å²) in [4.78, 5) is 59.7. The summed E-state index contributed by atoms with van der Waals surface area (Å²) in [6.45, 7) is 19.1. The molecule has 2 aromatic heterocycles. The van der Waals surface area contributed by atoms with Crippen molar-refractivity contribution in [3.05, 3.63) is 144 Å². The Kier molecular flexibility index (Phi) is 14.9. The highest BCUT2D eigenvalue weighted by atomic mass is 79.9. The van der Waals surface area contributed by atoms with E-state index < -0.39 is 17.2 Å². The van der Waals surface area contributed by atoms with Crippen molar-refractivity contribution in [1.29, 1.82) is 0 Å². The van der Waals surface area contributed by atoms with Gasteiger partial charge in [-0.3, -0.25) is 23.9 Å². The summed E-state index contributed by atoms with van der Waals surface area (Å²) in [7, 11) is 4.47. The van der Waals surface area contributed by atoms with Gasteiger partial charge in [-0.2, -0.15) is 0 Å². The van der Waals surface area contributed by atoms with E-state index in [4.69, 9.17) is 6.57 Å². The molecule has 0 fully saturated rings. The number of nitrogens with one attached hydrogen (secondary N) is 4. The number of hydrogen-bond acceptors (Lipinski definition) is 7. The number of halogens is 1. The third-order valence-electron chi connectivity index (χ3n) is 8.50. The van der Waals surface area contributed by atoms with Gasteiger partial charge in [-0.15, -0.1) is 0 Å². The molecule has 0 atom stereocenters. The second-order valence-corrected chi connectivity index (χ2v) is 15.9. The highest BCUT2D eigenvalue weighted by Gasteiger charge is 2.23. The average Bonchev–Trinajstić information content (AvgIpc) is 3.13. The molecule has 6 rings (SSSR count). The van der Waals surface area contributed by atoms with E-state index >= 15 is 0 Å². The number of H-pyrrole nitrogens is 2. The molecule has 4 aromatic carbocycles. The first-order chi connectivity index (χ1) is 26.3. The number of aromatic nitrogens is 2. The zero-order valence-corrected chi connectivity index (χ0v) is 34.5. The zero-order chi connectivity index (χ0) is 41.5. The fourth-order valence-corrected chi connectivity index (χ4v) is 6.12. The maximum atomic E-state index is 12.6. The Morgan fingerprint density at radius 3 is 1.54 bits per heavy atom. The van der Waals surface area contributed by atoms with Gasteiger partial charge in [-0.05, 0) is 83.8 Å². The van der Waals surface area contributed by atoms with E-state index in [0.717, 1.165) is 5.56 Å². The van der Waals surface area contributed by atoms with Crippen molar-refractivity contribution < 1.29 is 19.8 Å². The largest absolute Gasteiger partial charge is 0.508 e. The normalized spacial score (nSPS) is 10.8. The predicted octanol–water partition coefficient (Wildman–Crippen LogP) is 10.5. The Labute approximate surface area is 341 Å². The average molecular weight is 854 g/mol. The lowest BCUT2D eigenvalue weighted by atomic mass is 9.86. The molecule has 6 N–H and O–H groups in total. The second kappa shape index (κ2) is 18.7. The molecule has 0 bridgehead atoms. The van der Waals surface area contributed by atoms with Crippen molar-refractivity contribution in [2.24, 2.45) is 4.74 Å². The molecule has 0 saturated carbocycles. The van der Waals surface area contributed by atoms with Gasteiger partial charge >= 0.3 is 0 Å². The van der Waals surface area contributed by atoms with Crippen LogP contribution in [0.4, 0.5) is 17.1 Å². The van der Waals surface area contributed by atoms with E-state index in [1.165, 1.54) is 24.5 Å².